The van der Waals surface area contributed by atoms with Crippen LogP contribution in [0.4, 0.5) is 0 Å². The molecule has 0 aromatic rings. The third-order valence-electron chi connectivity index (χ3n) is 0.316. The minimum absolute atomic E-state index is 0. The summed E-state index contributed by atoms with van der Waals surface area (Å²) in [5, 5.41) is 3.74. The van der Waals surface area contributed by atoms with E-state index in [9.17, 15) is 0 Å². The quantitative estimate of drug-likeness (QED) is 0.630. The van der Waals surface area contributed by atoms with Gasteiger partial charge >= 0.3 is 0 Å². The molecule has 1 nitrogen and oxygen atoms in total. The molecule has 0 aliphatic rings. The zero-order valence-electron chi connectivity index (χ0n) is 4.10. The SMILES string of the molecule is CC[N-]C.[Bi].[Ti]. The minimum atomic E-state index is 0. The van der Waals surface area contributed by atoms with Crippen LogP contribution in [0.5, 0.6) is 0 Å². The van der Waals surface area contributed by atoms with Crippen LogP contribution in [0, 0.1) is 0 Å². The van der Waals surface area contributed by atoms with Crippen molar-refractivity contribution in [2.24, 2.45) is 0 Å². The number of hydrogen-bond acceptors (Lipinski definition) is 0. The summed E-state index contributed by atoms with van der Waals surface area (Å²) < 4.78 is 0. The summed E-state index contributed by atoms with van der Waals surface area (Å²) in [4.78, 5) is 0. The fraction of sp³-hybridized carbons (Fsp3) is 1.00. The third-order valence-corrected chi connectivity index (χ3v) is 0.316. The molecule has 0 amide bonds. The topological polar surface area (TPSA) is 14.1 Å². The molecule has 6 heavy (non-hydrogen) atoms. The van der Waals surface area contributed by atoms with Crippen molar-refractivity contribution in [2.75, 3.05) is 13.6 Å². The Hall–Kier alpha value is 1.56. The van der Waals surface area contributed by atoms with Crippen LogP contribution in [0.3, 0.4) is 0 Å². The molecular weight excluding hydrogens is 307 g/mol. The van der Waals surface area contributed by atoms with Gasteiger partial charge in [0, 0.05) is 47.9 Å². The predicted molar refractivity (Wildman–Crippen MR) is 25.6 cm³/mol. The normalized spacial score (nSPS) is 5.00. The molecule has 0 atom stereocenters. The fourth-order valence-corrected chi connectivity index (χ4v) is 0. The van der Waals surface area contributed by atoms with Crippen LogP contribution < -0.4 is 0 Å². The second kappa shape index (κ2) is 16.0. The van der Waals surface area contributed by atoms with E-state index >= 15 is 0 Å². The van der Waals surface area contributed by atoms with Gasteiger partial charge in [0.1, 0.15) is 0 Å². The molecule has 0 aliphatic heterocycles. The Morgan fingerprint density at radius 3 is 1.67 bits per heavy atom. The molecule has 0 unspecified atom stereocenters. The average Bonchev–Trinajstić information content (AvgIpc) is 1.37. The molecule has 0 bridgehead atoms. The smallest absolute Gasteiger partial charge is 0 e. The van der Waals surface area contributed by atoms with Crippen molar-refractivity contribution >= 4 is 26.2 Å². The first kappa shape index (κ1) is 15.6. The van der Waals surface area contributed by atoms with Gasteiger partial charge in [-0.15, -0.1) is 0 Å². The van der Waals surface area contributed by atoms with E-state index in [-0.39, 0.29) is 47.9 Å². The third kappa shape index (κ3) is 17.6. The molecule has 0 aromatic heterocycles. The van der Waals surface area contributed by atoms with Gasteiger partial charge in [-0.2, -0.15) is 13.6 Å². The Kier molecular flexibility index (Phi) is 41.7. The van der Waals surface area contributed by atoms with Crippen LogP contribution in [-0.2, 0) is 21.7 Å². The summed E-state index contributed by atoms with van der Waals surface area (Å²) in [7, 11) is 1.81. The second-order valence-electron chi connectivity index (χ2n) is 0.632. The molecule has 0 N–H and O–H groups in total. The van der Waals surface area contributed by atoms with Crippen molar-refractivity contribution in [1.29, 1.82) is 0 Å². The molecule has 3 radical (unpaired) electrons. The van der Waals surface area contributed by atoms with Crippen molar-refractivity contribution in [1.82, 2.24) is 0 Å². The first-order valence-electron chi connectivity index (χ1n) is 1.47. The van der Waals surface area contributed by atoms with Gasteiger partial charge in [-0.3, -0.25) is 0 Å². The largest absolute Gasteiger partial charge is 0.665 e. The van der Waals surface area contributed by atoms with Crippen LogP contribution in [0.2, 0.25) is 0 Å². The van der Waals surface area contributed by atoms with E-state index < -0.39 is 0 Å². The van der Waals surface area contributed by atoms with E-state index in [0.29, 0.717) is 0 Å². The standard InChI is InChI=1S/C3H8N.Bi.Ti/c1-3-4-2;;/h3H2,1-2H3;;/q-1;;. The summed E-state index contributed by atoms with van der Waals surface area (Å²) in [6.45, 7) is 2.96. The molecule has 0 spiro atoms. The fourth-order valence-electron chi connectivity index (χ4n) is 0. The van der Waals surface area contributed by atoms with Gasteiger partial charge in [0.05, 0.1) is 0 Å². The van der Waals surface area contributed by atoms with Gasteiger partial charge in [0.15, 0.2) is 0 Å². The Labute approximate surface area is 73.3 Å². The zero-order valence-corrected chi connectivity index (χ0v) is 9.14. The number of nitrogens with zero attached hydrogens (tertiary/aromatic N) is 1. The van der Waals surface area contributed by atoms with Crippen molar-refractivity contribution in [3.8, 4) is 0 Å². The number of rotatable bonds is 1. The monoisotopic (exact) mass is 315 g/mol. The Morgan fingerprint density at radius 1 is 1.50 bits per heavy atom. The van der Waals surface area contributed by atoms with Crippen LogP contribution in [0.15, 0.2) is 0 Å². The first-order valence-corrected chi connectivity index (χ1v) is 1.47. The van der Waals surface area contributed by atoms with E-state index in [4.69, 9.17) is 0 Å². The van der Waals surface area contributed by atoms with Gasteiger partial charge in [0.2, 0.25) is 0 Å². The predicted octanol–water partition coefficient (Wildman–Crippen LogP) is 0.627. The van der Waals surface area contributed by atoms with E-state index in [1.165, 1.54) is 0 Å². The van der Waals surface area contributed by atoms with Crippen LogP contribution in [0.25, 0.3) is 5.32 Å². The van der Waals surface area contributed by atoms with Gasteiger partial charge in [-0.05, 0) is 0 Å². The van der Waals surface area contributed by atoms with Crippen molar-refractivity contribution in [3.63, 3.8) is 0 Å². The molecular formula is C3H8BiNTi-. The van der Waals surface area contributed by atoms with E-state index in [1.54, 1.807) is 7.05 Å². The molecule has 0 aliphatic carbocycles. The molecule has 0 fully saturated rings. The van der Waals surface area contributed by atoms with Gasteiger partial charge < -0.3 is 5.32 Å². The van der Waals surface area contributed by atoms with Crippen LogP contribution >= 0.6 is 0 Å². The van der Waals surface area contributed by atoms with Crippen LogP contribution in [-0.4, -0.2) is 39.8 Å². The number of hydrogen-bond donors (Lipinski definition) is 0. The molecule has 0 saturated carbocycles. The summed E-state index contributed by atoms with van der Waals surface area (Å²) >= 11 is 0. The van der Waals surface area contributed by atoms with Gasteiger partial charge in [0.25, 0.3) is 0 Å². The summed E-state index contributed by atoms with van der Waals surface area (Å²) in [5.41, 5.74) is 0. The maximum atomic E-state index is 3.74. The molecule has 35 valence electrons. The average molecular weight is 315 g/mol. The first-order chi connectivity index (χ1) is 1.91. The second-order valence-corrected chi connectivity index (χ2v) is 0.632. The van der Waals surface area contributed by atoms with Gasteiger partial charge in [-0.1, -0.05) is 6.92 Å². The van der Waals surface area contributed by atoms with Crippen molar-refractivity contribution < 1.29 is 21.7 Å². The van der Waals surface area contributed by atoms with E-state index in [2.05, 4.69) is 5.32 Å². The van der Waals surface area contributed by atoms with E-state index in [1.807, 2.05) is 6.92 Å². The Bertz CT molecular complexity index is 12.8. The summed E-state index contributed by atoms with van der Waals surface area (Å²) in [6.07, 6.45) is 0. The molecule has 0 rings (SSSR count). The van der Waals surface area contributed by atoms with Crippen molar-refractivity contribution in [2.45, 2.75) is 6.92 Å². The van der Waals surface area contributed by atoms with Crippen LogP contribution in [0.1, 0.15) is 6.92 Å². The van der Waals surface area contributed by atoms with Gasteiger partial charge in [-0.25, -0.2) is 0 Å². The Balaban J connectivity index is -0.0000000450. The minimum Gasteiger partial charge on any atom is -0.665 e. The Morgan fingerprint density at radius 2 is 1.67 bits per heavy atom. The molecule has 3 heteroatoms. The summed E-state index contributed by atoms with van der Waals surface area (Å²) in [5.74, 6) is 0. The molecule has 0 heterocycles. The molecule has 0 saturated heterocycles. The van der Waals surface area contributed by atoms with Crippen molar-refractivity contribution in [3.05, 3.63) is 5.32 Å². The molecule has 0 aromatic carbocycles. The zero-order chi connectivity index (χ0) is 3.41. The van der Waals surface area contributed by atoms with E-state index in [0.717, 1.165) is 6.54 Å². The maximum absolute atomic E-state index is 3.74. The summed E-state index contributed by atoms with van der Waals surface area (Å²) in [6, 6.07) is 0. The maximum Gasteiger partial charge on any atom is 0 e.